The van der Waals surface area contributed by atoms with Crippen LogP contribution in [0.3, 0.4) is 0 Å². The van der Waals surface area contributed by atoms with Gasteiger partial charge in [-0.15, -0.1) is 0 Å². The molecule has 0 aliphatic heterocycles. The van der Waals surface area contributed by atoms with Gasteiger partial charge < -0.3 is 11.1 Å². The fourth-order valence-corrected chi connectivity index (χ4v) is 2.58. The lowest BCUT2D eigenvalue weighted by atomic mass is 10.1. The molecule has 6 heteroatoms. The topological polar surface area (TPSA) is 81.2 Å². The van der Waals surface area contributed by atoms with Crippen LogP contribution >= 0.6 is 11.6 Å². The lowest BCUT2D eigenvalue weighted by Gasteiger charge is -2.12. The number of hydrogen-bond donors (Lipinski definition) is 2. The Kier molecular flexibility index (Phi) is 4.04. The molecule has 2 rings (SSSR count). The normalized spacial score (nSPS) is 23.0. The fourth-order valence-electron chi connectivity index (χ4n) is 2.33. The number of rotatable bonds is 4. The summed E-state index contributed by atoms with van der Waals surface area (Å²) in [5.41, 5.74) is 6.59. The third kappa shape index (κ3) is 3.11. The maximum absolute atomic E-state index is 10.6. The van der Waals surface area contributed by atoms with Crippen LogP contribution in [0.25, 0.3) is 0 Å². The number of anilines is 1. The number of nitrogens with two attached hydrogens (primary N) is 1. The Morgan fingerprint density at radius 3 is 2.83 bits per heavy atom. The predicted molar refractivity (Wildman–Crippen MR) is 71.9 cm³/mol. The Labute approximate surface area is 110 Å². The number of halogens is 1. The number of benzene rings is 1. The number of nitrogens with zero attached hydrogens (tertiary/aromatic N) is 1. The first-order chi connectivity index (χ1) is 8.56. The average Bonchev–Trinajstić information content (AvgIpc) is 2.72. The molecule has 0 radical (unpaired) electrons. The summed E-state index contributed by atoms with van der Waals surface area (Å²) in [5.74, 6) is 0.578. The highest BCUT2D eigenvalue weighted by molar-refractivity contribution is 6.32. The minimum atomic E-state index is -0.484. The summed E-state index contributed by atoms with van der Waals surface area (Å²) in [6.45, 7) is 0.835. The van der Waals surface area contributed by atoms with Gasteiger partial charge in [-0.25, -0.2) is 0 Å². The SMILES string of the molecule is N[C@@H]1CC[C@H](CNc2ccc([N+](=O)[O-])c(Cl)c2)C1. The Morgan fingerprint density at radius 1 is 1.50 bits per heavy atom. The van der Waals surface area contributed by atoms with Crippen molar-refractivity contribution in [2.24, 2.45) is 11.7 Å². The Bertz CT molecular complexity index is 453. The van der Waals surface area contributed by atoms with E-state index in [-0.39, 0.29) is 10.7 Å². The molecule has 0 unspecified atom stereocenters. The highest BCUT2D eigenvalue weighted by atomic mass is 35.5. The Hall–Kier alpha value is -1.33. The number of hydrogen-bond acceptors (Lipinski definition) is 4. The van der Waals surface area contributed by atoms with Gasteiger partial charge in [0.2, 0.25) is 0 Å². The van der Waals surface area contributed by atoms with Gasteiger partial charge in [0.05, 0.1) is 4.92 Å². The average molecular weight is 270 g/mol. The zero-order valence-electron chi connectivity index (χ0n) is 9.93. The molecule has 0 saturated heterocycles. The van der Waals surface area contributed by atoms with Crippen LogP contribution in [0.5, 0.6) is 0 Å². The van der Waals surface area contributed by atoms with Gasteiger partial charge >= 0.3 is 0 Å². The smallest absolute Gasteiger partial charge is 0.288 e. The van der Waals surface area contributed by atoms with E-state index in [2.05, 4.69) is 5.32 Å². The molecule has 2 atom stereocenters. The second-order valence-electron chi connectivity index (χ2n) is 4.74. The molecule has 1 aromatic rings. The summed E-state index contributed by atoms with van der Waals surface area (Å²) >= 11 is 5.84. The molecule has 98 valence electrons. The number of nitrogens with one attached hydrogen (secondary N) is 1. The van der Waals surface area contributed by atoms with Crippen molar-refractivity contribution in [2.45, 2.75) is 25.3 Å². The molecule has 1 aromatic carbocycles. The summed E-state index contributed by atoms with van der Waals surface area (Å²) in [7, 11) is 0. The minimum absolute atomic E-state index is 0.0647. The van der Waals surface area contributed by atoms with E-state index in [0.717, 1.165) is 31.5 Å². The first kappa shape index (κ1) is 13.1. The van der Waals surface area contributed by atoms with E-state index in [0.29, 0.717) is 12.0 Å². The lowest BCUT2D eigenvalue weighted by molar-refractivity contribution is -0.384. The zero-order valence-corrected chi connectivity index (χ0v) is 10.7. The molecule has 1 saturated carbocycles. The summed E-state index contributed by atoms with van der Waals surface area (Å²) in [4.78, 5) is 10.1. The maximum Gasteiger partial charge on any atom is 0.288 e. The van der Waals surface area contributed by atoms with Crippen LogP contribution in [0.4, 0.5) is 11.4 Å². The minimum Gasteiger partial charge on any atom is -0.385 e. The summed E-state index contributed by atoms with van der Waals surface area (Å²) in [6.07, 6.45) is 3.25. The van der Waals surface area contributed by atoms with Crippen LogP contribution in [-0.2, 0) is 0 Å². The second-order valence-corrected chi connectivity index (χ2v) is 5.15. The fraction of sp³-hybridized carbons (Fsp3) is 0.500. The van der Waals surface area contributed by atoms with E-state index < -0.39 is 4.92 Å². The summed E-state index contributed by atoms with van der Waals surface area (Å²) in [6, 6.07) is 5.01. The second kappa shape index (κ2) is 5.54. The monoisotopic (exact) mass is 269 g/mol. The van der Waals surface area contributed by atoms with E-state index >= 15 is 0 Å². The largest absolute Gasteiger partial charge is 0.385 e. The van der Waals surface area contributed by atoms with Crippen molar-refractivity contribution < 1.29 is 4.92 Å². The van der Waals surface area contributed by atoms with E-state index in [1.165, 1.54) is 6.07 Å². The molecule has 1 aliphatic rings. The quantitative estimate of drug-likeness (QED) is 0.650. The molecule has 18 heavy (non-hydrogen) atoms. The van der Waals surface area contributed by atoms with E-state index in [4.69, 9.17) is 17.3 Å². The zero-order chi connectivity index (χ0) is 13.1. The van der Waals surface area contributed by atoms with Crippen molar-refractivity contribution in [1.82, 2.24) is 0 Å². The van der Waals surface area contributed by atoms with Crippen molar-refractivity contribution in [2.75, 3.05) is 11.9 Å². The predicted octanol–water partition coefficient (Wildman–Crippen LogP) is 2.79. The third-order valence-corrected chi connectivity index (χ3v) is 3.62. The van der Waals surface area contributed by atoms with Crippen molar-refractivity contribution in [3.63, 3.8) is 0 Å². The summed E-state index contributed by atoms with van der Waals surface area (Å²) in [5, 5.41) is 14.0. The van der Waals surface area contributed by atoms with Crippen LogP contribution in [0, 0.1) is 16.0 Å². The molecular formula is C12H16ClN3O2. The lowest BCUT2D eigenvalue weighted by Crippen LogP contribution is -2.17. The van der Waals surface area contributed by atoms with Gasteiger partial charge in [0.25, 0.3) is 5.69 Å². The number of nitro groups is 1. The molecular weight excluding hydrogens is 254 g/mol. The Balaban J connectivity index is 1.94. The molecule has 5 nitrogen and oxygen atoms in total. The molecule has 0 aromatic heterocycles. The van der Waals surface area contributed by atoms with Crippen molar-refractivity contribution >= 4 is 23.0 Å². The van der Waals surface area contributed by atoms with Gasteiger partial charge in [0, 0.05) is 24.3 Å². The van der Waals surface area contributed by atoms with Gasteiger partial charge in [-0.05, 0) is 37.3 Å². The van der Waals surface area contributed by atoms with Gasteiger partial charge in [0.1, 0.15) is 5.02 Å². The number of nitro benzene ring substituents is 1. The van der Waals surface area contributed by atoms with Crippen molar-refractivity contribution in [1.29, 1.82) is 0 Å². The van der Waals surface area contributed by atoms with Gasteiger partial charge in [-0.2, -0.15) is 0 Å². The first-order valence-corrected chi connectivity index (χ1v) is 6.37. The summed E-state index contributed by atoms with van der Waals surface area (Å²) < 4.78 is 0. The van der Waals surface area contributed by atoms with E-state index in [1.54, 1.807) is 12.1 Å². The molecule has 3 N–H and O–H groups in total. The highest BCUT2D eigenvalue weighted by Gasteiger charge is 2.21. The standard InChI is InChI=1S/C12H16ClN3O2/c13-11-6-10(3-4-12(11)16(17)18)15-7-8-1-2-9(14)5-8/h3-4,6,8-9,15H,1-2,5,7,14H2/t8-,9+/m0/s1. The van der Waals surface area contributed by atoms with Crippen molar-refractivity contribution in [3.05, 3.63) is 33.3 Å². The third-order valence-electron chi connectivity index (χ3n) is 3.32. The molecule has 1 fully saturated rings. The van der Waals surface area contributed by atoms with Crippen molar-refractivity contribution in [3.8, 4) is 0 Å². The van der Waals surface area contributed by atoms with Crippen LogP contribution in [-0.4, -0.2) is 17.5 Å². The van der Waals surface area contributed by atoms with Crippen LogP contribution in [0.1, 0.15) is 19.3 Å². The van der Waals surface area contributed by atoms with Crippen LogP contribution < -0.4 is 11.1 Å². The molecule has 0 heterocycles. The van der Waals surface area contributed by atoms with Gasteiger partial charge in [-0.1, -0.05) is 11.6 Å². The maximum atomic E-state index is 10.6. The highest BCUT2D eigenvalue weighted by Crippen LogP contribution is 2.28. The van der Waals surface area contributed by atoms with E-state index in [1.807, 2.05) is 0 Å². The molecule has 0 bridgehead atoms. The van der Waals surface area contributed by atoms with Crippen LogP contribution in [0.15, 0.2) is 18.2 Å². The molecule has 0 amide bonds. The van der Waals surface area contributed by atoms with E-state index in [9.17, 15) is 10.1 Å². The Morgan fingerprint density at radius 2 is 2.28 bits per heavy atom. The van der Waals surface area contributed by atoms with Gasteiger partial charge in [0.15, 0.2) is 0 Å². The first-order valence-electron chi connectivity index (χ1n) is 5.99. The van der Waals surface area contributed by atoms with Crippen LogP contribution in [0.2, 0.25) is 5.02 Å². The molecule has 0 spiro atoms. The van der Waals surface area contributed by atoms with Gasteiger partial charge in [-0.3, -0.25) is 10.1 Å². The molecule has 1 aliphatic carbocycles.